The van der Waals surface area contributed by atoms with Crippen molar-refractivity contribution < 1.29 is 57.1 Å². The van der Waals surface area contributed by atoms with Gasteiger partial charge in [0.05, 0.1) is 35.0 Å². The first kappa shape index (κ1) is 113. The van der Waals surface area contributed by atoms with Crippen molar-refractivity contribution in [3.63, 3.8) is 0 Å². The van der Waals surface area contributed by atoms with Crippen LogP contribution in [0.15, 0.2) is 473 Å². The molecule has 0 amide bonds. The summed E-state index contributed by atoms with van der Waals surface area (Å²) in [5.41, 5.74) is 11.0. The average Bonchev–Trinajstić information content (AvgIpc) is 1.64. The summed E-state index contributed by atoms with van der Waals surface area (Å²) in [5.74, 6) is 0.813. The van der Waals surface area contributed by atoms with E-state index in [1.807, 2.05) is 333 Å². The smallest absolute Gasteiger partial charge is 0.339 e. The van der Waals surface area contributed by atoms with Crippen molar-refractivity contribution in [2.45, 2.75) is 231 Å². The molecule has 3 saturated carbocycles. The van der Waals surface area contributed by atoms with Gasteiger partial charge in [0.25, 0.3) is 0 Å². The highest BCUT2D eigenvalue weighted by atomic mass is 16.7. The number of benzene rings is 16. The van der Waals surface area contributed by atoms with Gasteiger partial charge >= 0.3 is 23.9 Å². The van der Waals surface area contributed by atoms with Crippen LogP contribution in [-0.4, -0.2) is 66.0 Å². The van der Waals surface area contributed by atoms with Crippen molar-refractivity contribution in [2.75, 3.05) is 6.61 Å². The van der Waals surface area contributed by atoms with Crippen LogP contribution in [0.1, 0.15) is 248 Å². The van der Waals surface area contributed by atoms with Gasteiger partial charge in [0.15, 0.2) is 18.2 Å². The Morgan fingerprint density at radius 1 is 0.320 bits per heavy atom. The van der Waals surface area contributed by atoms with E-state index in [2.05, 4.69) is 166 Å². The highest BCUT2D eigenvalue weighted by Crippen LogP contribution is 2.48. The summed E-state index contributed by atoms with van der Waals surface area (Å²) in [6.07, 6.45) is 22.1. The van der Waals surface area contributed by atoms with E-state index in [4.69, 9.17) is 37.9 Å². The molecule has 12 heteroatoms. The molecule has 1 heterocycles. The SMILES string of the molecule is CC(C)(C)OC(=O)c1ccccc1.CC(OC(=O)c1ccccc1)(c1ccccc1)c1ccccc1.CC(Oc1ccccc1)OC1CCCCC1.CC1(C)c2ccccc2-c2ccccc21.CC1(OC(=O)c2ccccc2)CCCCC1.CCC1(OC(=O)c2ccccc2)CCCCC1.c1ccc(-c2ccccc2)cc1.c1ccc(OC2CCCCO2)cc1.c1ccc2ccccc2c1.c1ccccc1.c1ccccc1. The van der Waals surface area contributed by atoms with Gasteiger partial charge in [-0.2, -0.15) is 0 Å². The molecule has 16 aromatic carbocycles. The van der Waals surface area contributed by atoms with E-state index >= 15 is 0 Å². The van der Waals surface area contributed by atoms with Gasteiger partial charge in [0.2, 0.25) is 0 Å². The summed E-state index contributed by atoms with van der Waals surface area (Å²) < 4.78 is 45.2. The summed E-state index contributed by atoms with van der Waals surface area (Å²) in [6, 6.07) is 155. The van der Waals surface area contributed by atoms with Crippen molar-refractivity contribution in [3.8, 4) is 33.8 Å². The highest BCUT2D eigenvalue weighted by Gasteiger charge is 2.38. The Morgan fingerprint density at radius 2 is 0.626 bits per heavy atom. The summed E-state index contributed by atoms with van der Waals surface area (Å²) in [6.45, 7) is 19.1. The molecule has 2 atom stereocenters. The van der Waals surface area contributed by atoms with Crippen molar-refractivity contribution in [3.05, 3.63) is 518 Å². The van der Waals surface area contributed by atoms with Gasteiger partial charge in [-0.25, -0.2) is 19.2 Å². The maximum atomic E-state index is 12.6. The topological polar surface area (TPSA) is 142 Å². The van der Waals surface area contributed by atoms with Gasteiger partial charge in [-0.05, 0) is 253 Å². The molecule has 0 N–H and O–H groups in total. The fourth-order valence-electron chi connectivity index (χ4n) is 17.8. The first-order chi connectivity index (χ1) is 71.6. The van der Waals surface area contributed by atoms with E-state index in [1.54, 1.807) is 36.4 Å². The predicted molar refractivity (Wildman–Crippen MR) is 602 cm³/mol. The number of fused-ring (bicyclic) bond motifs is 4. The lowest BCUT2D eigenvalue weighted by atomic mass is 9.82. The molecular formula is C135H148O12. The number of hydrogen-bond donors (Lipinski definition) is 0. The van der Waals surface area contributed by atoms with E-state index in [9.17, 15) is 19.2 Å². The molecule has 0 aromatic heterocycles. The van der Waals surface area contributed by atoms with Crippen LogP contribution in [0.4, 0.5) is 0 Å². The molecule has 1 aliphatic heterocycles. The minimum atomic E-state index is -0.838. The molecule has 0 spiro atoms. The zero-order chi connectivity index (χ0) is 104. The molecule has 147 heavy (non-hydrogen) atoms. The Morgan fingerprint density at radius 3 is 1.00 bits per heavy atom. The lowest BCUT2D eigenvalue weighted by Gasteiger charge is -2.36. The van der Waals surface area contributed by atoms with E-state index in [0.717, 1.165) is 74.2 Å². The molecule has 760 valence electrons. The second-order valence-electron chi connectivity index (χ2n) is 38.7. The van der Waals surface area contributed by atoms with Gasteiger partial charge in [0.1, 0.15) is 28.3 Å². The van der Waals surface area contributed by atoms with E-state index in [0.29, 0.717) is 28.4 Å². The molecule has 0 bridgehead atoms. The Kier molecular flexibility index (Phi) is 47.0. The molecule has 5 aliphatic rings. The maximum Gasteiger partial charge on any atom is 0.339 e. The average molecular weight is 1960 g/mol. The van der Waals surface area contributed by atoms with Gasteiger partial charge < -0.3 is 37.9 Å². The van der Waals surface area contributed by atoms with Crippen molar-refractivity contribution >= 4 is 34.6 Å². The van der Waals surface area contributed by atoms with Gasteiger partial charge in [0, 0.05) is 11.8 Å². The van der Waals surface area contributed by atoms with Crippen LogP contribution < -0.4 is 9.47 Å². The lowest BCUT2D eigenvalue weighted by Crippen LogP contribution is -2.36. The fourth-order valence-corrected chi connectivity index (χ4v) is 17.8. The molecule has 1 saturated heterocycles. The third-order valence-electron chi connectivity index (χ3n) is 25.8. The van der Waals surface area contributed by atoms with E-state index < -0.39 is 11.2 Å². The molecule has 0 radical (unpaired) electrons. The van der Waals surface area contributed by atoms with Crippen LogP contribution in [0.25, 0.3) is 33.0 Å². The number of rotatable bonds is 17. The van der Waals surface area contributed by atoms with E-state index in [1.165, 1.54) is 121 Å². The minimum Gasteiger partial charge on any atom is -0.465 e. The number of esters is 4. The molecule has 4 fully saturated rings. The van der Waals surface area contributed by atoms with Crippen LogP contribution in [-0.2, 0) is 39.4 Å². The number of para-hydroxylation sites is 2. The summed E-state index contributed by atoms with van der Waals surface area (Å²) >= 11 is 0. The molecule has 16 aromatic rings. The van der Waals surface area contributed by atoms with Crippen molar-refractivity contribution in [2.24, 2.45) is 0 Å². The first-order valence-electron chi connectivity index (χ1n) is 52.3. The number of hydrogen-bond acceptors (Lipinski definition) is 12. The zero-order valence-corrected chi connectivity index (χ0v) is 87.3. The molecular weight excluding hydrogens is 1810 g/mol. The van der Waals surface area contributed by atoms with Gasteiger partial charge in [-0.15, -0.1) is 0 Å². The number of ether oxygens (including phenoxy) is 8. The van der Waals surface area contributed by atoms with Crippen LogP contribution in [0.5, 0.6) is 11.5 Å². The Balaban J connectivity index is 0.000000156. The first-order valence-corrected chi connectivity index (χ1v) is 52.3. The molecule has 12 nitrogen and oxygen atoms in total. The van der Waals surface area contributed by atoms with Crippen molar-refractivity contribution in [1.29, 1.82) is 0 Å². The van der Waals surface area contributed by atoms with Crippen molar-refractivity contribution in [1.82, 2.24) is 0 Å². The van der Waals surface area contributed by atoms with Crippen LogP contribution in [0, 0.1) is 0 Å². The normalized spacial score (nSPS) is 14.8. The third kappa shape index (κ3) is 39.2. The number of carbonyl (C=O) groups is 4. The third-order valence-corrected chi connectivity index (χ3v) is 25.8. The highest BCUT2D eigenvalue weighted by molar-refractivity contribution is 5.92. The summed E-state index contributed by atoms with van der Waals surface area (Å²) in [5, 5.41) is 2.62. The molecule has 21 rings (SSSR count). The van der Waals surface area contributed by atoms with Crippen LogP contribution >= 0.6 is 0 Å². The van der Waals surface area contributed by atoms with Crippen LogP contribution in [0.3, 0.4) is 0 Å². The van der Waals surface area contributed by atoms with Crippen LogP contribution in [0.2, 0.25) is 0 Å². The summed E-state index contributed by atoms with van der Waals surface area (Å²) in [7, 11) is 0. The Bertz CT molecular complexity index is 6020. The summed E-state index contributed by atoms with van der Waals surface area (Å²) in [4.78, 5) is 48.0. The quantitative estimate of drug-likeness (QED) is 0.0486. The maximum absolute atomic E-state index is 12.6. The van der Waals surface area contributed by atoms with E-state index in [-0.39, 0.29) is 53.1 Å². The lowest BCUT2D eigenvalue weighted by molar-refractivity contribution is -0.116. The molecule has 2 unspecified atom stereocenters. The monoisotopic (exact) mass is 1960 g/mol. The van der Waals surface area contributed by atoms with Gasteiger partial charge in [-0.1, -0.05) is 453 Å². The van der Waals surface area contributed by atoms with Gasteiger partial charge in [-0.3, -0.25) is 0 Å². The predicted octanol–water partition coefficient (Wildman–Crippen LogP) is 34.9. The Labute approximate surface area is 874 Å². The standard InChI is InChI=1S/C21H18O2.C15H20O2.C15H14.C14H18O2.C14H20O2.C12H10.2C11H14O2.C10H8.2C6H6/c1-21(18-13-7-3-8-14-18,19-15-9-4-10-16-19)23-20(22)17-11-5-2-6-12-17;1-2-15(11-7-4-8-12-15)17-14(16)13-9-5-3-6-10-13;1-15(2)13-9-5-3-7-11(13)12-8-4-6-10-14(12)15;1-14(10-6-3-7-11-14)16-13(15)12-8-4-2-5-9-12;1-12(15-13-8-4-2-5-9-13)16-14-10-6-3-7-11-14;1-3-7-11(8-4-1)12-9-5-2-6-10-12;1-2-6-10(7-3-1)13-11-8-4-5-9-12-11;1-11(2,3)13-10(12)9-7-5-4-6-8-9;1-2-6-10-8-4-3-7-9(10)5-1;2*1-2-4-6-5-3-1/h2-16H,1H3;3,5-6,9-10H,2,4,7-8,11-12H2,1H3;3-10H,1-2H3;2,4-5,8-9H,3,6-7,10-11H2,1H3;2,4-5,8-9,12,14H,3,6-7,10-11H2,1H3;1-10H;1-3,6-7,11H,4-5,8-9H2;4-8H,1-3H3;1-8H;2*1-6H. The zero-order valence-electron chi connectivity index (χ0n) is 87.3. The minimum absolute atomic E-state index is 0.0313. The second-order valence-corrected chi connectivity index (χ2v) is 38.7. The Hall–Kier alpha value is -14.8. The number of carbonyl (C=O) groups excluding carboxylic acids is 4. The fraction of sp³-hybridized carbons (Fsp3) is 0.274. The second kappa shape index (κ2) is 61.5. The molecule has 4 aliphatic carbocycles. The largest absolute Gasteiger partial charge is 0.465 e.